The van der Waals surface area contributed by atoms with Gasteiger partial charge in [0.15, 0.2) is 5.17 Å². The summed E-state index contributed by atoms with van der Waals surface area (Å²) < 4.78 is 13.8. The van der Waals surface area contributed by atoms with E-state index in [9.17, 15) is 4.39 Å². The van der Waals surface area contributed by atoms with E-state index in [-0.39, 0.29) is 16.6 Å². The number of anilines is 1. The molecule has 1 aromatic rings. The van der Waals surface area contributed by atoms with E-state index < -0.39 is 0 Å². The summed E-state index contributed by atoms with van der Waals surface area (Å²) in [5.41, 5.74) is 18.0. The fraction of sp³-hybridized carbons (Fsp3) is 0.357. The molecule has 1 aliphatic heterocycles. The lowest BCUT2D eigenvalue weighted by molar-refractivity contribution is 0.328. The van der Waals surface area contributed by atoms with Gasteiger partial charge in [0.25, 0.3) is 0 Å². The molecule has 0 aromatic heterocycles. The van der Waals surface area contributed by atoms with Gasteiger partial charge < -0.3 is 22.2 Å². The van der Waals surface area contributed by atoms with E-state index in [1.54, 1.807) is 12.3 Å². The summed E-state index contributed by atoms with van der Waals surface area (Å²) in [5, 5.41) is 1.89. The monoisotopic (exact) mass is 324 g/mol. The SMILES string of the molecule is CC1(CN(N)/C=C\N)CC(c2cc(N)ccc2F)N=C(N)S1. The van der Waals surface area contributed by atoms with Gasteiger partial charge in [0.05, 0.1) is 6.04 Å². The van der Waals surface area contributed by atoms with Gasteiger partial charge in [0.1, 0.15) is 5.82 Å². The number of thioether (sulfide) groups is 1. The minimum atomic E-state index is -0.384. The van der Waals surface area contributed by atoms with Gasteiger partial charge in [-0.15, -0.1) is 0 Å². The van der Waals surface area contributed by atoms with Crippen LogP contribution in [-0.4, -0.2) is 21.5 Å². The van der Waals surface area contributed by atoms with Crippen LogP contribution in [0.25, 0.3) is 0 Å². The lowest BCUT2D eigenvalue weighted by Gasteiger charge is -2.37. The Bertz CT molecular complexity index is 605. The first kappa shape index (κ1) is 16.4. The number of nitrogens with zero attached hydrogens (tertiary/aromatic N) is 2. The van der Waals surface area contributed by atoms with Crippen LogP contribution in [0.15, 0.2) is 35.6 Å². The first-order chi connectivity index (χ1) is 10.3. The Labute approximate surface area is 133 Å². The van der Waals surface area contributed by atoms with E-state index in [1.807, 2.05) is 6.92 Å². The molecule has 2 atom stereocenters. The molecule has 6 nitrogen and oxygen atoms in total. The summed E-state index contributed by atoms with van der Waals surface area (Å²) in [6.45, 7) is 2.52. The van der Waals surface area contributed by atoms with Gasteiger partial charge in [0, 0.05) is 34.9 Å². The second kappa shape index (κ2) is 6.45. The second-order valence-electron chi connectivity index (χ2n) is 5.53. The average molecular weight is 324 g/mol. The van der Waals surface area contributed by atoms with Gasteiger partial charge in [-0.05, 0) is 31.5 Å². The van der Waals surface area contributed by atoms with Crippen molar-refractivity contribution in [1.82, 2.24) is 5.01 Å². The van der Waals surface area contributed by atoms with Crippen molar-refractivity contribution in [2.75, 3.05) is 12.3 Å². The molecule has 0 radical (unpaired) electrons. The van der Waals surface area contributed by atoms with Crippen LogP contribution in [-0.2, 0) is 0 Å². The lowest BCUT2D eigenvalue weighted by atomic mass is 9.94. The van der Waals surface area contributed by atoms with Gasteiger partial charge >= 0.3 is 0 Å². The van der Waals surface area contributed by atoms with Crippen molar-refractivity contribution in [3.05, 3.63) is 42.0 Å². The topological polar surface area (TPSA) is 120 Å². The van der Waals surface area contributed by atoms with Crippen LogP contribution in [0.3, 0.4) is 0 Å². The number of benzene rings is 1. The Morgan fingerprint density at radius 3 is 2.91 bits per heavy atom. The Morgan fingerprint density at radius 2 is 2.23 bits per heavy atom. The highest BCUT2D eigenvalue weighted by Crippen LogP contribution is 2.42. The highest BCUT2D eigenvalue weighted by atomic mass is 32.2. The van der Waals surface area contributed by atoms with Crippen LogP contribution in [0.1, 0.15) is 24.9 Å². The number of aliphatic imine (C=N–C) groups is 1. The summed E-state index contributed by atoms with van der Waals surface area (Å²) >= 11 is 1.43. The molecule has 0 saturated heterocycles. The largest absolute Gasteiger partial charge is 0.403 e. The minimum Gasteiger partial charge on any atom is -0.403 e. The minimum absolute atomic E-state index is 0.318. The average Bonchev–Trinajstić information content (AvgIpc) is 2.40. The van der Waals surface area contributed by atoms with Crippen molar-refractivity contribution in [2.45, 2.75) is 24.1 Å². The molecule has 2 rings (SSSR count). The zero-order valence-corrected chi connectivity index (χ0v) is 13.2. The standard InChI is InChI=1S/C14H21FN6S/c1-14(8-21(19)5-4-16)7-12(20-13(18)22-14)10-6-9(17)2-3-11(10)15/h2-6,12H,7-8,16-17,19H2,1H3,(H2,18,20)/b5-4-. The molecule has 0 saturated carbocycles. The molecular formula is C14H21FN6S. The van der Waals surface area contributed by atoms with E-state index in [0.717, 1.165) is 0 Å². The predicted molar refractivity (Wildman–Crippen MR) is 90.0 cm³/mol. The number of hydrogen-bond acceptors (Lipinski definition) is 7. The van der Waals surface area contributed by atoms with Gasteiger partial charge in [-0.25, -0.2) is 10.2 Å². The molecule has 1 aromatic carbocycles. The van der Waals surface area contributed by atoms with Crippen molar-refractivity contribution >= 4 is 22.6 Å². The molecular weight excluding hydrogens is 303 g/mol. The Morgan fingerprint density at radius 1 is 1.50 bits per heavy atom. The molecule has 0 amide bonds. The van der Waals surface area contributed by atoms with Crippen LogP contribution in [0.2, 0.25) is 0 Å². The molecule has 0 fully saturated rings. The number of nitrogen functional groups attached to an aromatic ring is 1. The normalized spacial score (nSPS) is 25.2. The maximum atomic E-state index is 14.1. The van der Waals surface area contributed by atoms with Crippen molar-refractivity contribution in [3.8, 4) is 0 Å². The van der Waals surface area contributed by atoms with Gasteiger partial charge in [-0.2, -0.15) is 0 Å². The number of hydrazine groups is 1. The Hall–Kier alpha value is -1.93. The zero-order valence-electron chi connectivity index (χ0n) is 12.4. The molecule has 8 N–H and O–H groups in total. The molecule has 0 aliphatic carbocycles. The summed E-state index contributed by atoms with van der Waals surface area (Å²) in [7, 11) is 0. The summed E-state index contributed by atoms with van der Waals surface area (Å²) in [6.07, 6.45) is 3.53. The summed E-state index contributed by atoms with van der Waals surface area (Å²) in [4.78, 5) is 4.36. The summed E-state index contributed by atoms with van der Waals surface area (Å²) in [5.74, 6) is 5.53. The number of rotatable bonds is 4. The van der Waals surface area contributed by atoms with Crippen LogP contribution < -0.4 is 23.0 Å². The third-order valence-electron chi connectivity index (χ3n) is 3.43. The van der Waals surface area contributed by atoms with Gasteiger partial charge in [-0.3, -0.25) is 4.99 Å². The predicted octanol–water partition coefficient (Wildman–Crippen LogP) is 1.26. The van der Waals surface area contributed by atoms with Crippen molar-refractivity contribution in [2.24, 2.45) is 22.3 Å². The van der Waals surface area contributed by atoms with E-state index in [2.05, 4.69) is 4.99 Å². The van der Waals surface area contributed by atoms with E-state index in [1.165, 1.54) is 35.1 Å². The maximum absolute atomic E-state index is 14.1. The molecule has 1 aliphatic rings. The lowest BCUT2D eigenvalue weighted by Crippen LogP contribution is -2.43. The smallest absolute Gasteiger partial charge is 0.155 e. The fourth-order valence-electron chi connectivity index (χ4n) is 2.57. The molecule has 0 spiro atoms. The third kappa shape index (κ3) is 3.83. The number of hydrogen-bond donors (Lipinski definition) is 4. The van der Waals surface area contributed by atoms with Gasteiger partial charge in [0.2, 0.25) is 0 Å². The van der Waals surface area contributed by atoms with Crippen LogP contribution in [0, 0.1) is 5.82 Å². The van der Waals surface area contributed by atoms with Crippen LogP contribution >= 0.6 is 11.8 Å². The zero-order chi connectivity index (χ0) is 16.3. The summed E-state index contributed by atoms with van der Waals surface area (Å²) in [6, 6.07) is 4.09. The highest BCUT2D eigenvalue weighted by molar-refractivity contribution is 8.15. The Kier molecular flexibility index (Phi) is 4.82. The van der Waals surface area contributed by atoms with Crippen LogP contribution in [0.4, 0.5) is 10.1 Å². The van der Waals surface area contributed by atoms with Gasteiger partial charge in [-0.1, -0.05) is 11.8 Å². The molecule has 120 valence electrons. The van der Waals surface area contributed by atoms with Crippen molar-refractivity contribution in [1.29, 1.82) is 0 Å². The third-order valence-corrected chi connectivity index (χ3v) is 4.54. The highest BCUT2D eigenvalue weighted by Gasteiger charge is 2.36. The number of nitrogens with two attached hydrogens (primary N) is 4. The Balaban J connectivity index is 2.27. The number of halogens is 1. The second-order valence-corrected chi connectivity index (χ2v) is 7.14. The fourth-order valence-corrected chi connectivity index (χ4v) is 3.71. The molecule has 2 unspecified atom stereocenters. The number of amidine groups is 1. The molecule has 0 bridgehead atoms. The van der Waals surface area contributed by atoms with E-state index >= 15 is 0 Å². The first-order valence-electron chi connectivity index (χ1n) is 6.80. The quantitative estimate of drug-likeness (QED) is 0.376. The van der Waals surface area contributed by atoms with E-state index in [4.69, 9.17) is 23.0 Å². The van der Waals surface area contributed by atoms with Crippen molar-refractivity contribution in [3.63, 3.8) is 0 Å². The maximum Gasteiger partial charge on any atom is 0.155 e. The van der Waals surface area contributed by atoms with Crippen LogP contribution in [0.5, 0.6) is 0 Å². The molecule has 22 heavy (non-hydrogen) atoms. The van der Waals surface area contributed by atoms with E-state index in [0.29, 0.717) is 29.4 Å². The molecule has 8 heteroatoms. The van der Waals surface area contributed by atoms with Crippen molar-refractivity contribution < 1.29 is 4.39 Å². The first-order valence-corrected chi connectivity index (χ1v) is 7.61. The molecule has 1 heterocycles.